The Morgan fingerprint density at radius 1 is 1.20 bits per heavy atom. The summed E-state index contributed by atoms with van der Waals surface area (Å²) in [6, 6.07) is 12.6. The normalized spacial score (nSPS) is 10.8. The van der Waals surface area contributed by atoms with E-state index in [-0.39, 0.29) is 18.3 Å². The van der Waals surface area contributed by atoms with E-state index in [9.17, 15) is 9.59 Å². The highest BCUT2D eigenvalue weighted by molar-refractivity contribution is 5.93. The zero-order valence-electron chi connectivity index (χ0n) is 14.2. The van der Waals surface area contributed by atoms with Gasteiger partial charge in [0.05, 0.1) is 5.52 Å². The fraction of sp³-hybridized carbons (Fsp3) is 0.263. The number of carbonyl (C=O) groups is 1. The third-order valence-corrected chi connectivity index (χ3v) is 3.79. The summed E-state index contributed by atoms with van der Waals surface area (Å²) in [4.78, 5) is 23.9. The van der Waals surface area contributed by atoms with Crippen molar-refractivity contribution in [1.82, 2.24) is 4.57 Å². The van der Waals surface area contributed by atoms with E-state index >= 15 is 0 Å². The number of hydrogen-bond donors (Lipinski definition) is 1. The van der Waals surface area contributed by atoms with Crippen LogP contribution in [0.2, 0.25) is 0 Å². The Balaban J connectivity index is 1.66. The van der Waals surface area contributed by atoms with Gasteiger partial charge in [-0.05, 0) is 37.6 Å². The average Bonchev–Trinajstić information content (AvgIpc) is 2.90. The van der Waals surface area contributed by atoms with E-state index in [0.29, 0.717) is 23.6 Å². The lowest BCUT2D eigenvalue weighted by atomic mass is 10.2. The molecule has 0 fully saturated rings. The minimum absolute atomic E-state index is 0.0953. The van der Waals surface area contributed by atoms with Crippen LogP contribution in [0.1, 0.15) is 18.9 Å². The highest BCUT2D eigenvalue weighted by atomic mass is 16.5. The quantitative estimate of drug-likeness (QED) is 0.747. The molecule has 1 amide bonds. The van der Waals surface area contributed by atoms with Crippen LogP contribution in [0.15, 0.2) is 51.7 Å². The molecule has 0 unspecified atom stereocenters. The summed E-state index contributed by atoms with van der Waals surface area (Å²) in [5, 5.41) is 2.74. The number of aromatic nitrogens is 1. The Bertz CT molecular complexity index is 938. The molecule has 0 saturated heterocycles. The molecular formula is C19H20N2O4. The van der Waals surface area contributed by atoms with Crippen molar-refractivity contribution in [1.29, 1.82) is 0 Å². The number of nitrogens with zero attached hydrogens (tertiary/aromatic N) is 1. The molecule has 130 valence electrons. The van der Waals surface area contributed by atoms with Gasteiger partial charge in [0.15, 0.2) is 12.2 Å². The third kappa shape index (κ3) is 3.91. The molecule has 0 saturated carbocycles. The number of hydrogen-bond acceptors (Lipinski definition) is 4. The molecule has 2 aromatic carbocycles. The summed E-state index contributed by atoms with van der Waals surface area (Å²) in [5.41, 5.74) is 2.86. The maximum atomic E-state index is 12.0. The van der Waals surface area contributed by atoms with Gasteiger partial charge >= 0.3 is 5.76 Å². The minimum atomic E-state index is -0.386. The summed E-state index contributed by atoms with van der Waals surface area (Å²) in [7, 11) is 0. The van der Waals surface area contributed by atoms with Gasteiger partial charge in [0, 0.05) is 18.3 Å². The van der Waals surface area contributed by atoms with E-state index < -0.39 is 0 Å². The Labute approximate surface area is 145 Å². The molecule has 0 aliphatic carbocycles. The molecular weight excluding hydrogens is 320 g/mol. The van der Waals surface area contributed by atoms with Crippen molar-refractivity contribution >= 4 is 22.7 Å². The van der Waals surface area contributed by atoms with Crippen LogP contribution >= 0.6 is 0 Å². The zero-order chi connectivity index (χ0) is 17.8. The van der Waals surface area contributed by atoms with Gasteiger partial charge in [-0.15, -0.1) is 0 Å². The van der Waals surface area contributed by atoms with Crippen molar-refractivity contribution in [3.8, 4) is 5.75 Å². The van der Waals surface area contributed by atoms with Gasteiger partial charge in [-0.2, -0.15) is 0 Å². The molecule has 0 aliphatic rings. The summed E-state index contributed by atoms with van der Waals surface area (Å²) < 4.78 is 12.3. The summed E-state index contributed by atoms with van der Waals surface area (Å²) in [6.07, 6.45) is 0.837. The van der Waals surface area contributed by atoms with Crippen LogP contribution in [-0.4, -0.2) is 17.1 Å². The first kappa shape index (κ1) is 16.8. The number of anilines is 1. The molecule has 1 aromatic heterocycles. The van der Waals surface area contributed by atoms with Crippen molar-refractivity contribution in [3.63, 3.8) is 0 Å². The number of ether oxygens (including phenoxy) is 1. The standard InChI is InChI=1S/C19H20N2O4/c1-3-10-21-16-9-6-14(11-17(16)25-19(21)23)20-18(22)12-24-15-7-4-13(2)5-8-15/h4-9,11H,3,10,12H2,1-2H3,(H,20,22). The molecule has 0 radical (unpaired) electrons. The molecule has 0 atom stereocenters. The van der Waals surface area contributed by atoms with Gasteiger partial charge in [-0.3, -0.25) is 9.36 Å². The topological polar surface area (TPSA) is 73.5 Å². The Morgan fingerprint density at radius 2 is 1.96 bits per heavy atom. The lowest BCUT2D eigenvalue weighted by Gasteiger charge is -2.08. The Morgan fingerprint density at radius 3 is 2.68 bits per heavy atom. The molecule has 1 heterocycles. The maximum absolute atomic E-state index is 12.0. The molecule has 3 rings (SSSR count). The van der Waals surface area contributed by atoms with Crippen molar-refractivity contribution in [2.45, 2.75) is 26.8 Å². The molecule has 6 heteroatoms. The first-order valence-electron chi connectivity index (χ1n) is 8.19. The summed E-state index contributed by atoms with van der Waals surface area (Å²) in [6.45, 7) is 4.48. The first-order chi connectivity index (χ1) is 12.1. The largest absolute Gasteiger partial charge is 0.484 e. The second kappa shape index (κ2) is 7.25. The summed E-state index contributed by atoms with van der Waals surface area (Å²) in [5.74, 6) is -0.0304. The highest BCUT2D eigenvalue weighted by Crippen LogP contribution is 2.19. The van der Waals surface area contributed by atoms with Gasteiger partial charge in [0.2, 0.25) is 0 Å². The van der Waals surface area contributed by atoms with Gasteiger partial charge in [-0.25, -0.2) is 4.79 Å². The van der Waals surface area contributed by atoms with Crippen LogP contribution in [0.25, 0.3) is 11.1 Å². The SMILES string of the molecule is CCCn1c(=O)oc2cc(NC(=O)COc3ccc(C)cc3)ccc21. The van der Waals surface area contributed by atoms with Crippen molar-refractivity contribution < 1.29 is 13.9 Å². The van der Waals surface area contributed by atoms with Gasteiger partial charge in [-0.1, -0.05) is 24.6 Å². The predicted molar refractivity (Wildman–Crippen MR) is 96.1 cm³/mol. The van der Waals surface area contributed by atoms with Crippen LogP contribution in [0, 0.1) is 6.92 Å². The molecule has 0 spiro atoms. The second-order valence-corrected chi connectivity index (χ2v) is 5.85. The molecule has 0 aliphatic heterocycles. The molecule has 3 aromatic rings. The van der Waals surface area contributed by atoms with Gasteiger partial charge in [0.25, 0.3) is 5.91 Å². The first-order valence-corrected chi connectivity index (χ1v) is 8.19. The number of aryl methyl sites for hydroxylation is 2. The van der Waals surface area contributed by atoms with Gasteiger partial charge < -0.3 is 14.5 Å². The van der Waals surface area contributed by atoms with E-state index in [2.05, 4.69) is 5.32 Å². The maximum Gasteiger partial charge on any atom is 0.419 e. The Kier molecular flexibility index (Phi) is 4.88. The number of rotatable bonds is 6. The van der Waals surface area contributed by atoms with Crippen LogP contribution in [0.3, 0.4) is 0 Å². The van der Waals surface area contributed by atoms with E-state index in [1.165, 1.54) is 0 Å². The second-order valence-electron chi connectivity index (χ2n) is 5.85. The van der Waals surface area contributed by atoms with Crippen molar-refractivity contribution in [3.05, 3.63) is 58.6 Å². The lowest BCUT2D eigenvalue weighted by molar-refractivity contribution is -0.118. The van der Waals surface area contributed by atoms with Gasteiger partial charge in [0.1, 0.15) is 5.75 Å². The summed E-state index contributed by atoms with van der Waals surface area (Å²) >= 11 is 0. The van der Waals surface area contributed by atoms with E-state index in [4.69, 9.17) is 9.15 Å². The highest BCUT2D eigenvalue weighted by Gasteiger charge is 2.10. The van der Waals surface area contributed by atoms with E-state index in [1.807, 2.05) is 38.1 Å². The molecule has 25 heavy (non-hydrogen) atoms. The molecule has 1 N–H and O–H groups in total. The van der Waals surface area contributed by atoms with Crippen molar-refractivity contribution in [2.75, 3.05) is 11.9 Å². The minimum Gasteiger partial charge on any atom is -0.484 e. The van der Waals surface area contributed by atoms with Crippen LogP contribution in [-0.2, 0) is 11.3 Å². The number of fused-ring (bicyclic) bond motifs is 1. The molecule has 6 nitrogen and oxygen atoms in total. The van der Waals surface area contributed by atoms with Crippen LogP contribution in [0.5, 0.6) is 5.75 Å². The third-order valence-electron chi connectivity index (χ3n) is 3.79. The smallest absolute Gasteiger partial charge is 0.419 e. The van der Waals surface area contributed by atoms with Crippen molar-refractivity contribution in [2.24, 2.45) is 0 Å². The number of carbonyl (C=O) groups excluding carboxylic acids is 1. The Hall–Kier alpha value is -3.02. The van der Waals surface area contributed by atoms with E-state index in [0.717, 1.165) is 17.5 Å². The number of oxazole rings is 1. The average molecular weight is 340 g/mol. The fourth-order valence-electron chi connectivity index (χ4n) is 2.56. The van der Waals surface area contributed by atoms with Crippen LogP contribution < -0.4 is 15.8 Å². The predicted octanol–water partition coefficient (Wildman–Crippen LogP) is 3.33. The molecule has 0 bridgehead atoms. The van der Waals surface area contributed by atoms with E-state index in [1.54, 1.807) is 22.8 Å². The van der Waals surface area contributed by atoms with Crippen LogP contribution in [0.4, 0.5) is 5.69 Å². The zero-order valence-corrected chi connectivity index (χ0v) is 14.2. The number of benzene rings is 2. The fourth-order valence-corrected chi connectivity index (χ4v) is 2.56. The number of nitrogens with one attached hydrogen (secondary N) is 1. The monoisotopic (exact) mass is 340 g/mol. The number of amides is 1. The lowest BCUT2D eigenvalue weighted by Crippen LogP contribution is -2.20.